The van der Waals surface area contributed by atoms with E-state index < -0.39 is 23.9 Å². The van der Waals surface area contributed by atoms with Crippen molar-refractivity contribution in [1.29, 1.82) is 0 Å². The van der Waals surface area contributed by atoms with Gasteiger partial charge in [-0.15, -0.1) is 0 Å². The summed E-state index contributed by atoms with van der Waals surface area (Å²) in [7, 11) is 0. The van der Waals surface area contributed by atoms with Crippen LogP contribution in [0.5, 0.6) is 0 Å². The van der Waals surface area contributed by atoms with E-state index in [9.17, 15) is 19.5 Å². The van der Waals surface area contributed by atoms with Crippen LogP contribution in [0.3, 0.4) is 0 Å². The summed E-state index contributed by atoms with van der Waals surface area (Å²) in [6.07, 6.45) is 3.50. The molecule has 1 heterocycles. The Balaban J connectivity index is 2.13. The maximum atomic E-state index is 11.8. The molecule has 0 bridgehead atoms. The smallest absolute Gasteiger partial charge is 0.326 e. The lowest BCUT2D eigenvalue weighted by Crippen LogP contribution is -2.46. The zero-order valence-corrected chi connectivity index (χ0v) is 10.0. The first-order valence-corrected chi connectivity index (χ1v) is 6.25. The summed E-state index contributed by atoms with van der Waals surface area (Å²) in [4.78, 5) is 35.3. The van der Waals surface area contributed by atoms with Gasteiger partial charge in [0.2, 0.25) is 5.91 Å². The summed E-state index contributed by atoms with van der Waals surface area (Å²) in [6.45, 7) is 0.0294. The van der Waals surface area contributed by atoms with E-state index in [1.54, 1.807) is 0 Å². The molecule has 0 aromatic rings. The lowest BCUT2D eigenvalue weighted by Gasteiger charge is -2.29. The number of likely N-dealkylation sites (tertiary alicyclic amines) is 1. The van der Waals surface area contributed by atoms with Crippen LogP contribution in [0.2, 0.25) is 0 Å². The van der Waals surface area contributed by atoms with E-state index in [2.05, 4.69) is 0 Å². The van der Waals surface area contributed by atoms with Gasteiger partial charge in [0.05, 0.1) is 5.92 Å². The Morgan fingerprint density at radius 2 is 1.83 bits per heavy atom. The van der Waals surface area contributed by atoms with Crippen molar-refractivity contribution in [3.05, 3.63) is 0 Å². The van der Waals surface area contributed by atoms with Crippen molar-refractivity contribution in [3.63, 3.8) is 0 Å². The number of hydrogen-bond donors (Lipinski definition) is 2. The highest BCUT2D eigenvalue weighted by atomic mass is 16.4. The van der Waals surface area contributed by atoms with Gasteiger partial charge in [-0.05, 0) is 18.8 Å². The molecule has 0 radical (unpaired) electrons. The molecule has 0 aromatic carbocycles. The number of rotatable bonds is 4. The van der Waals surface area contributed by atoms with Gasteiger partial charge in [0.1, 0.15) is 6.04 Å². The maximum Gasteiger partial charge on any atom is 0.326 e. The van der Waals surface area contributed by atoms with Crippen LogP contribution in [-0.4, -0.2) is 45.5 Å². The minimum Gasteiger partial charge on any atom is -0.481 e. The van der Waals surface area contributed by atoms with E-state index in [0.717, 1.165) is 25.7 Å². The van der Waals surface area contributed by atoms with Gasteiger partial charge < -0.3 is 15.1 Å². The van der Waals surface area contributed by atoms with Crippen molar-refractivity contribution < 1.29 is 24.6 Å². The molecule has 6 nitrogen and oxygen atoms in total. The van der Waals surface area contributed by atoms with Gasteiger partial charge in [0.15, 0.2) is 0 Å². The molecule has 18 heavy (non-hydrogen) atoms. The quantitative estimate of drug-likeness (QED) is 0.765. The van der Waals surface area contributed by atoms with E-state index in [1.807, 2.05) is 0 Å². The van der Waals surface area contributed by atoms with Gasteiger partial charge in [-0.3, -0.25) is 9.59 Å². The number of amides is 1. The second-order valence-electron chi connectivity index (χ2n) is 5.11. The molecule has 2 rings (SSSR count). The number of carbonyl (C=O) groups is 3. The minimum absolute atomic E-state index is 0.0287. The molecule has 1 saturated heterocycles. The summed E-state index contributed by atoms with van der Waals surface area (Å²) < 4.78 is 0. The standard InChI is InChI=1S/C12H17NO5/c14-9-5-8(11(15)16)6-13(9)10(12(17)18)7-3-1-2-4-7/h7-8,10H,1-6H2,(H,15,16)(H,17,18). The molecular weight excluding hydrogens is 238 g/mol. The van der Waals surface area contributed by atoms with Crippen molar-refractivity contribution in [3.8, 4) is 0 Å². The Kier molecular flexibility index (Phi) is 3.54. The van der Waals surface area contributed by atoms with Crippen LogP contribution >= 0.6 is 0 Å². The van der Waals surface area contributed by atoms with Crippen LogP contribution in [0.4, 0.5) is 0 Å². The van der Waals surface area contributed by atoms with E-state index in [0.29, 0.717) is 0 Å². The molecule has 2 unspecified atom stereocenters. The Morgan fingerprint density at radius 3 is 2.28 bits per heavy atom. The Bertz CT molecular complexity index is 375. The van der Waals surface area contributed by atoms with E-state index >= 15 is 0 Å². The van der Waals surface area contributed by atoms with E-state index in [4.69, 9.17) is 5.11 Å². The van der Waals surface area contributed by atoms with Crippen LogP contribution < -0.4 is 0 Å². The number of hydrogen-bond acceptors (Lipinski definition) is 3. The number of carboxylic acids is 2. The van der Waals surface area contributed by atoms with Crippen molar-refractivity contribution >= 4 is 17.8 Å². The summed E-state index contributed by atoms with van der Waals surface area (Å²) >= 11 is 0. The van der Waals surface area contributed by atoms with Crippen LogP contribution in [0.15, 0.2) is 0 Å². The highest BCUT2D eigenvalue weighted by Gasteiger charge is 2.44. The molecule has 1 saturated carbocycles. The van der Waals surface area contributed by atoms with Crippen LogP contribution in [-0.2, 0) is 14.4 Å². The van der Waals surface area contributed by atoms with E-state index in [-0.39, 0.29) is 24.8 Å². The fourth-order valence-corrected chi connectivity index (χ4v) is 3.03. The molecule has 0 aromatic heterocycles. The Hall–Kier alpha value is -1.59. The lowest BCUT2D eigenvalue weighted by atomic mass is 9.97. The third-order valence-corrected chi connectivity index (χ3v) is 3.94. The van der Waals surface area contributed by atoms with Crippen molar-refractivity contribution in [2.75, 3.05) is 6.54 Å². The van der Waals surface area contributed by atoms with Crippen molar-refractivity contribution in [2.45, 2.75) is 38.1 Å². The van der Waals surface area contributed by atoms with Gasteiger partial charge in [-0.25, -0.2) is 4.79 Å². The highest BCUT2D eigenvalue weighted by molar-refractivity contribution is 5.89. The van der Waals surface area contributed by atoms with Gasteiger partial charge in [0, 0.05) is 13.0 Å². The Labute approximate surface area is 105 Å². The van der Waals surface area contributed by atoms with Gasteiger partial charge in [-0.1, -0.05) is 12.8 Å². The number of carbonyl (C=O) groups excluding carboxylic acids is 1. The van der Waals surface area contributed by atoms with Gasteiger partial charge in [-0.2, -0.15) is 0 Å². The van der Waals surface area contributed by atoms with Gasteiger partial charge in [0.25, 0.3) is 0 Å². The first kappa shape index (κ1) is 12.9. The molecule has 2 N–H and O–H groups in total. The van der Waals surface area contributed by atoms with Crippen LogP contribution in [0.25, 0.3) is 0 Å². The fraction of sp³-hybridized carbons (Fsp3) is 0.750. The maximum absolute atomic E-state index is 11.8. The number of carboxylic acid groups (broad SMARTS) is 2. The molecule has 1 amide bonds. The number of nitrogens with zero attached hydrogens (tertiary/aromatic N) is 1. The molecule has 100 valence electrons. The predicted octanol–water partition coefficient (Wildman–Crippen LogP) is 0.563. The molecular formula is C12H17NO5. The minimum atomic E-state index is -1.03. The molecule has 1 aliphatic carbocycles. The summed E-state index contributed by atoms with van der Waals surface area (Å²) in [5.74, 6) is -3.18. The first-order chi connectivity index (χ1) is 8.50. The third-order valence-electron chi connectivity index (χ3n) is 3.94. The second-order valence-corrected chi connectivity index (χ2v) is 5.11. The summed E-state index contributed by atoms with van der Waals surface area (Å²) in [5.41, 5.74) is 0. The van der Waals surface area contributed by atoms with Crippen LogP contribution in [0, 0.1) is 11.8 Å². The molecule has 2 aliphatic rings. The third kappa shape index (κ3) is 2.32. The second kappa shape index (κ2) is 4.96. The molecule has 2 atom stereocenters. The molecule has 6 heteroatoms. The van der Waals surface area contributed by atoms with Crippen LogP contribution in [0.1, 0.15) is 32.1 Å². The monoisotopic (exact) mass is 255 g/mol. The lowest BCUT2D eigenvalue weighted by molar-refractivity contribution is -0.151. The largest absolute Gasteiger partial charge is 0.481 e. The topological polar surface area (TPSA) is 94.9 Å². The summed E-state index contributed by atoms with van der Waals surface area (Å²) in [5, 5.41) is 18.2. The van der Waals surface area contributed by atoms with Crippen molar-refractivity contribution in [2.24, 2.45) is 11.8 Å². The predicted molar refractivity (Wildman–Crippen MR) is 60.8 cm³/mol. The molecule has 2 fully saturated rings. The average Bonchev–Trinajstić information content (AvgIpc) is 2.89. The zero-order valence-electron chi connectivity index (χ0n) is 10.0. The summed E-state index contributed by atoms with van der Waals surface area (Å²) in [6, 6.07) is -0.843. The highest BCUT2D eigenvalue weighted by Crippen LogP contribution is 2.33. The number of aliphatic carboxylic acids is 2. The van der Waals surface area contributed by atoms with Crippen molar-refractivity contribution in [1.82, 2.24) is 4.90 Å². The van der Waals surface area contributed by atoms with E-state index in [1.165, 1.54) is 4.90 Å². The first-order valence-electron chi connectivity index (χ1n) is 6.25. The van der Waals surface area contributed by atoms with Gasteiger partial charge >= 0.3 is 11.9 Å². The SMILES string of the molecule is O=C(O)C1CC(=O)N(C(C(=O)O)C2CCCC2)C1. The average molecular weight is 255 g/mol. The molecule has 1 aliphatic heterocycles. The fourth-order valence-electron chi connectivity index (χ4n) is 3.03. The zero-order chi connectivity index (χ0) is 13.3. The molecule has 0 spiro atoms. The normalized spacial score (nSPS) is 26.6. The Morgan fingerprint density at radius 1 is 1.22 bits per heavy atom.